The van der Waals surface area contributed by atoms with E-state index in [9.17, 15) is 0 Å². The van der Waals surface area contributed by atoms with E-state index in [1.54, 1.807) is 11.3 Å². The molecule has 1 atom stereocenters. The van der Waals surface area contributed by atoms with Crippen LogP contribution in [0.2, 0.25) is 5.02 Å². The van der Waals surface area contributed by atoms with Gasteiger partial charge < -0.3 is 5.32 Å². The minimum Gasteiger partial charge on any atom is -0.306 e. The molecule has 0 aliphatic rings. The van der Waals surface area contributed by atoms with Crippen LogP contribution in [-0.4, -0.2) is 6.54 Å². The lowest BCUT2D eigenvalue weighted by molar-refractivity contribution is 0.604. The molecular weight excluding hydrogens is 489 g/mol. The molecule has 0 spiro atoms. The SMILES string of the molecule is CCCNC(c1cc(Cl)c(Br)s1)c1cc(Br)ccc1Br. The molecule has 1 N–H and O–H groups in total. The van der Waals surface area contributed by atoms with Gasteiger partial charge in [-0.25, -0.2) is 0 Å². The Hall–Kier alpha value is 0.610. The van der Waals surface area contributed by atoms with E-state index in [4.69, 9.17) is 11.6 Å². The summed E-state index contributed by atoms with van der Waals surface area (Å²) in [5.41, 5.74) is 1.21. The van der Waals surface area contributed by atoms with Gasteiger partial charge in [0.25, 0.3) is 0 Å². The molecule has 108 valence electrons. The Balaban J connectivity index is 2.43. The van der Waals surface area contributed by atoms with Crippen molar-refractivity contribution in [2.45, 2.75) is 19.4 Å². The van der Waals surface area contributed by atoms with E-state index in [2.05, 4.69) is 72.2 Å². The topological polar surface area (TPSA) is 12.0 Å². The summed E-state index contributed by atoms with van der Waals surface area (Å²) >= 11 is 18.5. The van der Waals surface area contributed by atoms with Crippen molar-refractivity contribution >= 4 is 70.7 Å². The first-order valence-corrected chi connectivity index (χ1v) is 9.73. The fourth-order valence-corrected chi connectivity index (χ4v) is 4.59. The fraction of sp³-hybridized carbons (Fsp3) is 0.286. The van der Waals surface area contributed by atoms with Gasteiger partial charge in [0.05, 0.1) is 14.9 Å². The van der Waals surface area contributed by atoms with E-state index in [-0.39, 0.29) is 6.04 Å². The summed E-state index contributed by atoms with van der Waals surface area (Å²) < 4.78 is 3.14. The number of benzene rings is 1. The zero-order valence-electron chi connectivity index (χ0n) is 10.7. The summed E-state index contributed by atoms with van der Waals surface area (Å²) in [5, 5.41) is 4.35. The van der Waals surface area contributed by atoms with Crippen molar-refractivity contribution in [1.29, 1.82) is 0 Å². The van der Waals surface area contributed by atoms with Crippen molar-refractivity contribution < 1.29 is 0 Å². The van der Waals surface area contributed by atoms with E-state index in [0.717, 1.165) is 30.7 Å². The third-order valence-corrected chi connectivity index (χ3v) is 6.57. The van der Waals surface area contributed by atoms with E-state index in [1.165, 1.54) is 10.4 Å². The van der Waals surface area contributed by atoms with Crippen LogP contribution in [0.25, 0.3) is 0 Å². The van der Waals surface area contributed by atoms with Crippen molar-refractivity contribution in [3.05, 3.63) is 52.5 Å². The molecule has 0 saturated carbocycles. The molecule has 1 unspecified atom stereocenters. The van der Waals surface area contributed by atoms with Gasteiger partial charge in [0.15, 0.2) is 0 Å². The highest BCUT2D eigenvalue weighted by Gasteiger charge is 2.20. The molecule has 1 nitrogen and oxygen atoms in total. The van der Waals surface area contributed by atoms with Crippen LogP contribution in [0, 0.1) is 0 Å². The monoisotopic (exact) mass is 499 g/mol. The largest absolute Gasteiger partial charge is 0.306 e. The molecule has 0 aliphatic heterocycles. The maximum atomic E-state index is 6.18. The first-order chi connectivity index (χ1) is 9.52. The highest BCUT2D eigenvalue weighted by atomic mass is 79.9. The third kappa shape index (κ3) is 4.08. The van der Waals surface area contributed by atoms with Gasteiger partial charge in [-0.1, -0.05) is 50.4 Å². The number of halogens is 4. The Morgan fingerprint density at radius 1 is 1.25 bits per heavy atom. The number of nitrogens with one attached hydrogen (secondary N) is 1. The van der Waals surface area contributed by atoms with Gasteiger partial charge in [0.1, 0.15) is 0 Å². The number of hydrogen-bond acceptors (Lipinski definition) is 2. The zero-order chi connectivity index (χ0) is 14.7. The van der Waals surface area contributed by atoms with E-state index in [0.29, 0.717) is 0 Å². The molecule has 6 heteroatoms. The van der Waals surface area contributed by atoms with Crippen molar-refractivity contribution in [1.82, 2.24) is 5.32 Å². The van der Waals surface area contributed by atoms with E-state index >= 15 is 0 Å². The summed E-state index contributed by atoms with van der Waals surface area (Å²) in [6, 6.07) is 8.39. The summed E-state index contributed by atoms with van der Waals surface area (Å²) in [7, 11) is 0. The maximum Gasteiger partial charge on any atom is 0.0888 e. The van der Waals surface area contributed by atoms with Gasteiger partial charge in [-0.05, 0) is 58.7 Å². The van der Waals surface area contributed by atoms with Crippen LogP contribution < -0.4 is 5.32 Å². The summed E-state index contributed by atoms with van der Waals surface area (Å²) in [4.78, 5) is 1.20. The molecule has 2 aromatic rings. The average molecular weight is 502 g/mol. The van der Waals surface area contributed by atoms with Crippen LogP contribution in [0.4, 0.5) is 0 Å². The van der Waals surface area contributed by atoms with Crippen LogP contribution >= 0.6 is 70.7 Å². The first-order valence-electron chi connectivity index (χ1n) is 6.16. The summed E-state index contributed by atoms with van der Waals surface area (Å²) in [6.07, 6.45) is 1.09. The lowest BCUT2D eigenvalue weighted by Crippen LogP contribution is -2.22. The molecule has 0 saturated heterocycles. The predicted octanol–water partition coefficient (Wildman–Crippen LogP) is 6.78. The standard InChI is InChI=1S/C14H13Br3ClNS/c1-2-5-19-13(12-7-11(18)14(17)20-12)9-6-8(15)3-4-10(9)16/h3-4,6-7,13,19H,2,5H2,1H3. The Morgan fingerprint density at radius 3 is 2.60 bits per heavy atom. The highest BCUT2D eigenvalue weighted by Crippen LogP contribution is 2.39. The molecule has 1 heterocycles. The van der Waals surface area contributed by atoms with Gasteiger partial charge in [0, 0.05) is 13.8 Å². The minimum absolute atomic E-state index is 0.135. The van der Waals surface area contributed by atoms with E-state index < -0.39 is 0 Å². The zero-order valence-corrected chi connectivity index (χ0v) is 17.1. The van der Waals surface area contributed by atoms with Crippen molar-refractivity contribution in [3.8, 4) is 0 Å². The molecule has 0 aliphatic carbocycles. The second-order valence-corrected chi connectivity index (χ2v) is 8.90. The lowest BCUT2D eigenvalue weighted by Gasteiger charge is -2.19. The molecule has 0 fully saturated rings. The highest BCUT2D eigenvalue weighted by molar-refractivity contribution is 9.11. The van der Waals surface area contributed by atoms with Crippen molar-refractivity contribution in [2.24, 2.45) is 0 Å². The van der Waals surface area contributed by atoms with Crippen LogP contribution in [0.15, 0.2) is 37.0 Å². The van der Waals surface area contributed by atoms with Crippen molar-refractivity contribution in [3.63, 3.8) is 0 Å². The van der Waals surface area contributed by atoms with Gasteiger partial charge in [-0.15, -0.1) is 11.3 Å². The fourth-order valence-electron chi connectivity index (χ4n) is 1.89. The molecule has 0 bridgehead atoms. The predicted molar refractivity (Wildman–Crippen MR) is 99.0 cm³/mol. The second-order valence-electron chi connectivity index (χ2n) is 4.32. The van der Waals surface area contributed by atoms with Gasteiger partial charge >= 0.3 is 0 Å². The molecular formula is C14H13Br3ClNS. The van der Waals surface area contributed by atoms with Crippen LogP contribution in [0.5, 0.6) is 0 Å². The summed E-state index contributed by atoms with van der Waals surface area (Å²) in [6.45, 7) is 3.12. The second kappa shape index (κ2) is 7.75. The normalized spacial score (nSPS) is 12.7. The molecule has 2 rings (SSSR count). The number of rotatable bonds is 5. The smallest absolute Gasteiger partial charge is 0.0888 e. The molecule has 1 aromatic carbocycles. The van der Waals surface area contributed by atoms with Crippen LogP contribution in [0.3, 0.4) is 0 Å². The summed E-state index contributed by atoms with van der Waals surface area (Å²) in [5.74, 6) is 0. The Labute approximate surface area is 153 Å². The van der Waals surface area contributed by atoms with Gasteiger partial charge in [0.2, 0.25) is 0 Å². The minimum atomic E-state index is 0.135. The Bertz CT molecular complexity index is 581. The Kier molecular flexibility index (Phi) is 6.57. The van der Waals surface area contributed by atoms with Gasteiger partial charge in [-0.2, -0.15) is 0 Å². The first kappa shape index (κ1) is 17.0. The number of hydrogen-bond donors (Lipinski definition) is 1. The number of thiophene rings is 1. The molecule has 0 amide bonds. The van der Waals surface area contributed by atoms with E-state index in [1.807, 2.05) is 12.1 Å². The van der Waals surface area contributed by atoms with Gasteiger partial charge in [-0.3, -0.25) is 0 Å². The molecule has 20 heavy (non-hydrogen) atoms. The average Bonchev–Trinajstić information content (AvgIpc) is 2.74. The Morgan fingerprint density at radius 2 is 2.00 bits per heavy atom. The van der Waals surface area contributed by atoms with Crippen LogP contribution in [0.1, 0.15) is 29.8 Å². The maximum absolute atomic E-state index is 6.18. The lowest BCUT2D eigenvalue weighted by atomic mass is 10.1. The molecule has 0 radical (unpaired) electrons. The van der Waals surface area contributed by atoms with Crippen LogP contribution in [-0.2, 0) is 0 Å². The quantitative estimate of drug-likeness (QED) is 0.476. The van der Waals surface area contributed by atoms with Crippen molar-refractivity contribution in [2.75, 3.05) is 6.54 Å². The third-order valence-electron chi connectivity index (χ3n) is 2.82. The molecule has 1 aromatic heterocycles.